The molecule has 0 atom stereocenters. The van der Waals surface area contributed by atoms with Crippen LogP contribution >= 0.6 is 0 Å². The maximum atomic E-state index is 10.6. The minimum Gasteiger partial charge on any atom is -0.490 e. The van der Waals surface area contributed by atoms with Crippen molar-refractivity contribution < 1.29 is 27.8 Å². The number of pyridine rings is 2. The van der Waals surface area contributed by atoms with E-state index in [-0.39, 0.29) is 6.10 Å². The van der Waals surface area contributed by atoms with Crippen molar-refractivity contribution in [2.75, 3.05) is 13.1 Å². The van der Waals surface area contributed by atoms with Gasteiger partial charge in [0, 0.05) is 35.7 Å². The number of carboxylic acid groups (broad SMARTS) is 1. The monoisotopic (exact) mass is 419 g/mol. The normalized spacial score (nSPS) is 14.6. The fourth-order valence-corrected chi connectivity index (χ4v) is 3.16. The highest BCUT2D eigenvalue weighted by atomic mass is 19.4. The lowest BCUT2D eigenvalue weighted by Crippen LogP contribution is -2.34. The number of nitrogens with one attached hydrogen (secondary N) is 1. The van der Waals surface area contributed by atoms with E-state index >= 15 is 0 Å². The number of aromatic nitrogens is 2. The van der Waals surface area contributed by atoms with Gasteiger partial charge in [0.25, 0.3) is 0 Å². The zero-order chi connectivity index (χ0) is 21.6. The van der Waals surface area contributed by atoms with Gasteiger partial charge in [0.05, 0.1) is 0 Å². The second kappa shape index (κ2) is 9.53. The molecule has 0 bridgehead atoms. The van der Waals surface area contributed by atoms with Crippen LogP contribution in [0.4, 0.5) is 13.2 Å². The molecule has 1 fully saturated rings. The van der Waals surface area contributed by atoms with Crippen LogP contribution < -0.4 is 10.1 Å². The standard InChI is InChI=1S/C19H19N3O.C2HF3O2/c1-2-18(23-16-5-10-21-11-6-16)19(14-3-8-20-9-4-14)17-7-12-22-13-15(1)17;3-2(4,5)1(6)7/h1-4,7-9,12-13,16,21H,5-6,10-11H2;(H,6,7). The highest BCUT2D eigenvalue weighted by Crippen LogP contribution is 2.37. The van der Waals surface area contributed by atoms with Gasteiger partial charge < -0.3 is 15.2 Å². The van der Waals surface area contributed by atoms with Crippen molar-refractivity contribution in [2.24, 2.45) is 0 Å². The fraction of sp³-hybridized carbons (Fsp3) is 0.286. The number of piperidine rings is 1. The molecule has 3 aromatic rings. The molecule has 0 spiro atoms. The Kier molecular flexibility index (Phi) is 6.83. The Hall–Kier alpha value is -3.20. The smallest absolute Gasteiger partial charge is 0.490 e. The number of rotatable bonds is 3. The van der Waals surface area contributed by atoms with Crippen LogP contribution in [-0.4, -0.2) is 46.4 Å². The van der Waals surface area contributed by atoms with Gasteiger partial charge in [-0.05, 0) is 67.2 Å². The number of carbonyl (C=O) groups is 1. The number of ether oxygens (including phenoxy) is 1. The first-order valence-electron chi connectivity index (χ1n) is 9.31. The van der Waals surface area contributed by atoms with E-state index in [2.05, 4.69) is 33.5 Å². The number of carboxylic acids is 1. The first kappa shape index (κ1) is 21.5. The SMILES string of the molecule is O=C(O)C(F)(F)F.c1cc(-c2c(OC3CCNCC3)ccc3cnccc23)ccn1. The van der Waals surface area contributed by atoms with Gasteiger partial charge >= 0.3 is 12.1 Å². The lowest BCUT2D eigenvalue weighted by Gasteiger charge is -2.25. The van der Waals surface area contributed by atoms with Crippen LogP contribution in [-0.2, 0) is 4.79 Å². The number of fused-ring (bicyclic) bond motifs is 1. The molecular formula is C21H20F3N3O3. The maximum Gasteiger partial charge on any atom is 0.490 e. The van der Waals surface area contributed by atoms with E-state index in [1.54, 1.807) is 0 Å². The fourth-order valence-electron chi connectivity index (χ4n) is 3.16. The molecule has 158 valence electrons. The molecular weight excluding hydrogens is 399 g/mol. The van der Waals surface area contributed by atoms with E-state index in [1.807, 2.05) is 36.9 Å². The molecule has 30 heavy (non-hydrogen) atoms. The molecule has 2 aromatic heterocycles. The molecule has 2 N–H and O–H groups in total. The molecule has 1 saturated heterocycles. The van der Waals surface area contributed by atoms with Gasteiger partial charge in [-0.3, -0.25) is 9.97 Å². The van der Waals surface area contributed by atoms with E-state index < -0.39 is 12.1 Å². The Morgan fingerprint density at radius 2 is 1.67 bits per heavy atom. The summed E-state index contributed by atoms with van der Waals surface area (Å²) in [5, 5.41) is 12.8. The Morgan fingerprint density at radius 1 is 1.03 bits per heavy atom. The van der Waals surface area contributed by atoms with Crippen LogP contribution in [0.5, 0.6) is 5.75 Å². The number of alkyl halides is 3. The second-order valence-electron chi connectivity index (χ2n) is 6.64. The van der Waals surface area contributed by atoms with E-state index in [0.29, 0.717) is 0 Å². The zero-order valence-corrected chi connectivity index (χ0v) is 15.9. The van der Waals surface area contributed by atoms with Gasteiger partial charge in [0.1, 0.15) is 11.9 Å². The first-order valence-corrected chi connectivity index (χ1v) is 9.31. The van der Waals surface area contributed by atoms with Gasteiger partial charge in [0.2, 0.25) is 0 Å². The zero-order valence-electron chi connectivity index (χ0n) is 15.9. The van der Waals surface area contributed by atoms with E-state index in [4.69, 9.17) is 14.6 Å². The van der Waals surface area contributed by atoms with Crippen LogP contribution in [0.1, 0.15) is 12.8 Å². The summed E-state index contributed by atoms with van der Waals surface area (Å²) in [5.41, 5.74) is 2.26. The third kappa shape index (κ3) is 5.44. The summed E-state index contributed by atoms with van der Waals surface area (Å²) in [4.78, 5) is 17.3. The summed E-state index contributed by atoms with van der Waals surface area (Å²) in [7, 11) is 0. The van der Waals surface area contributed by atoms with Gasteiger partial charge in [-0.2, -0.15) is 13.2 Å². The quantitative estimate of drug-likeness (QED) is 0.666. The number of aliphatic carboxylic acids is 1. The molecule has 9 heteroatoms. The molecule has 1 aliphatic rings. The molecule has 6 nitrogen and oxygen atoms in total. The molecule has 3 heterocycles. The van der Waals surface area contributed by atoms with Crippen molar-refractivity contribution in [2.45, 2.75) is 25.1 Å². The largest absolute Gasteiger partial charge is 0.490 e. The maximum absolute atomic E-state index is 10.6. The molecule has 4 rings (SSSR count). The molecule has 0 amide bonds. The van der Waals surface area contributed by atoms with Gasteiger partial charge in [-0.15, -0.1) is 0 Å². The summed E-state index contributed by atoms with van der Waals surface area (Å²) >= 11 is 0. The Morgan fingerprint density at radius 3 is 2.30 bits per heavy atom. The predicted octanol–water partition coefficient (Wildman–Crippen LogP) is 4.06. The van der Waals surface area contributed by atoms with Gasteiger partial charge in [-0.25, -0.2) is 4.79 Å². The molecule has 0 aliphatic carbocycles. The lowest BCUT2D eigenvalue weighted by molar-refractivity contribution is -0.192. The molecule has 0 unspecified atom stereocenters. The summed E-state index contributed by atoms with van der Waals surface area (Å²) in [6.45, 7) is 2.04. The molecule has 1 aromatic carbocycles. The van der Waals surface area contributed by atoms with Crippen molar-refractivity contribution in [3.63, 3.8) is 0 Å². The van der Waals surface area contributed by atoms with E-state index in [9.17, 15) is 13.2 Å². The third-order valence-corrected chi connectivity index (χ3v) is 4.57. The topological polar surface area (TPSA) is 84.3 Å². The summed E-state index contributed by atoms with van der Waals surface area (Å²) in [5.74, 6) is -1.81. The van der Waals surface area contributed by atoms with Crippen molar-refractivity contribution in [1.29, 1.82) is 0 Å². The number of halogens is 3. The molecule has 1 aliphatic heterocycles. The first-order chi connectivity index (χ1) is 14.4. The summed E-state index contributed by atoms with van der Waals surface area (Å²) in [6.07, 6.45) is 4.66. The number of hydrogen-bond donors (Lipinski definition) is 2. The lowest BCUT2D eigenvalue weighted by atomic mass is 9.99. The van der Waals surface area contributed by atoms with Crippen molar-refractivity contribution >= 4 is 16.7 Å². The average Bonchev–Trinajstić information content (AvgIpc) is 2.75. The second-order valence-corrected chi connectivity index (χ2v) is 6.64. The van der Waals surface area contributed by atoms with Crippen LogP contribution in [0.2, 0.25) is 0 Å². The summed E-state index contributed by atoms with van der Waals surface area (Å²) < 4.78 is 38.1. The predicted molar refractivity (Wildman–Crippen MR) is 105 cm³/mol. The van der Waals surface area contributed by atoms with Gasteiger partial charge in [-0.1, -0.05) is 0 Å². The molecule has 0 saturated carbocycles. The van der Waals surface area contributed by atoms with Crippen molar-refractivity contribution in [3.8, 4) is 16.9 Å². The highest BCUT2D eigenvalue weighted by Gasteiger charge is 2.38. The highest BCUT2D eigenvalue weighted by molar-refractivity contribution is 5.99. The van der Waals surface area contributed by atoms with Crippen LogP contribution in [0, 0.1) is 0 Å². The average molecular weight is 419 g/mol. The summed E-state index contributed by atoms with van der Waals surface area (Å²) in [6, 6.07) is 10.3. The third-order valence-electron chi connectivity index (χ3n) is 4.57. The minimum absolute atomic E-state index is 0.274. The van der Waals surface area contributed by atoms with Crippen LogP contribution in [0.25, 0.3) is 21.9 Å². The van der Waals surface area contributed by atoms with Crippen LogP contribution in [0.15, 0.2) is 55.1 Å². The number of hydrogen-bond acceptors (Lipinski definition) is 5. The van der Waals surface area contributed by atoms with Crippen molar-refractivity contribution in [1.82, 2.24) is 15.3 Å². The minimum atomic E-state index is -5.08. The molecule has 0 radical (unpaired) electrons. The van der Waals surface area contributed by atoms with Crippen molar-refractivity contribution in [3.05, 3.63) is 55.1 Å². The number of benzene rings is 1. The Bertz CT molecular complexity index is 991. The Labute approximate surface area is 170 Å². The number of nitrogens with zero attached hydrogens (tertiary/aromatic N) is 2. The Balaban J connectivity index is 0.000000318. The van der Waals surface area contributed by atoms with Crippen LogP contribution in [0.3, 0.4) is 0 Å². The van der Waals surface area contributed by atoms with E-state index in [0.717, 1.165) is 53.6 Å². The van der Waals surface area contributed by atoms with Gasteiger partial charge in [0.15, 0.2) is 0 Å². The van der Waals surface area contributed by atoms with E-state index in [1.165, 1.54) is 0 Å².